The van der Waals surface area contributed by atoms with Crippen LogP contribution in [-0.2, 0) is 26.4 Å². The molecule has 10 heteroatoms. The minimum absolute atomic E-state index is 0.0517. The quantitative estimate of drug-likeness (QED) is 0.424. The average molecular weight is 463 g/mol. The van der Waals surface area contributed by atoms with Gasteiger partial charge in [-0.1, -0.05) is 47.6 Å². The molecule has 2 aromatic heterocycles. The smallest absolute Gasteiger partial charge is 0.308 e. The highest BCUT2D eigenvalue weighted by molar-refractivity contribution is 7.98. The summed E-state index contributed by atoms with van der Waals surface area (Å²) in [5, 5.41) is 0.685. The maximum atomic E-state index is 14.3. The summed E-state index contributed by atoms with van der Waals surface area (Å²) < 4.78 is 31.6. The van der Waals surface area contributed by atoms with E-state index in [9.17, 15) is 18.4 Å². The molecule has 0 saturated heterocycles. The van der Waals surface area contributed by atoms with Gasteiger partial charge in [-0.15, -0.1) is 0 Å². The van der Waals surface area contributed by atoms with Gasteiger partial charge >= 0.3 is 5.69 Å². The molecule has 0 aliphatic heterocycles. The van der Waals surface area contributed by atoms with E-state index in [1.54, 1.807) is 28.8 Å². The van der Waals surface area contributed by atoms with Crippen LogP contribution in [0.2, 0.25) is 5.02 Å². The lowest BCUT2D eigenvalue weighted by Gasteiger charge is -2.11. The van der Waals surface area contributed by atoms with Crippen LogP contribution in [0.15, 0.2) is 57.2 Å². The molecule has 4 rings (SSSR count). The summed E-state index contributed by atoms with van der Waals surface area (Å²) in [6, 6.07) is 10.4. The van der Waals surface area contributed by atoms with Crippen molar-refractivity contribution >= 4 is 34.5 Å². The zero-order valence-electron chi connectivity index (χ0n) is 16.6. The Morgan fingerprint density at radius 2 is 1.77 bits per heavy atom. The molecule has 0 atom stereocenters. The first kappa shape index (κ1) is 21.3. The molecular formula is C21H17ClF2N4O2S. The summed E-state index contributed by atoms with van der Waals surface area (Å²) in [6.07, 6.45) is 0. The third-order valence-electron chi connectivity index (χ3n) is 4.97. The van der Waals surface area contributed by atoms with Crippen LogP contribution in [0.4, 0.5) is 8.78 Å². The molecule has 0 saturated carbocycles. The van der Waals surface area contributed by atoms with Crippen LogP contribution in [0.3, 0.4) is 0 Å². The molecule has 2 aromatic carbocycles. The van der Waals surface area contributed by atoms with Crippen LogP contribution in [0.5, 0.6) is 0 Å². The summed E-state index contributed by atoms with van der Waals surface area (Å²) in [6.45, 7) is 0.0517. The largest absolute Gasteiger partial charge is 0.332 e. The molecule has 0 radical (unpaired) electrons. The fourth-order valence-electron chi connectivity index (χ4n) is 3.26. The number of rotatable bonds is 5. The number of imidazole rings is 1. The molecule has 31 heavy (non-hydrogen) atoms. The zero-order valence-corrected chi connectivity index (χ0v) is 18.2. The predicted molar refractivity (Wildman–Crippen MR) is 117 cm³/mol. The van der Waals surface area contributed by atoms with Gasteiger partial charge in [-0.05, 0) is 23.8 Å². The molecule has 0 aliphatic rings. The average Bonchev–Trinajstić information content (AvgIpc) is 3.10. The van der Waals surface area contributed by atoms with Gasteiger partial charge < -0.3 is 4.57 Å². The highest BCUT2D eigenvalue weighted by Gasteiger charge is 2.20. The number of fused-ring (bicyclic) bond motifs is 1. The van der Waals surface area contributed by atoms with Gasteiger partial charge in [-0.3, -0.25) is 13.9 Å². The Morgan fingerprint density at radius 3 is 2.48 bits per heavy atom. The van der Waals surface area contributed by atoms with Crippen molar-refractivity contribution in [3.05, 3.63) is 91.1 Å². The molecular weight excluding hydrogens is 446 g/mol. The Morgan fingerprint density at radius 1 is 1.03 bits per heavy atom. The number of aryl methyl sites for hydroxylation is 1. The van der Waals surface area contributed by atoms with Crippen LogP contribution in [0, 0.1) is 11.6 Å². The van der Waals surface area contributed by atoms with Crippen molar-refractivity contribution in [3.8, 4) is 0 Å². The molecule has 4 aromatic rings. The van der Waals surface area contributed by atoms with E-state index >= 15 is 0 Å². The molecule has 0 spiro atoms. The van der Waals surface area contributed by atoms with Crippen LogP contribution in [0.25, 0.3) is 11.2 Å². The second-order valence-electron chi connectivity index (χ2n) is 6.97. The molecule has 0 unspecified atom stereocenters. The second-order valence-corrected chi connectivity index (χ2v) is 8.32. The molecule has 0 bridgehead atoms. The highest BCUT2D eigenvalue weighted by atomic mass is 35.5. The normalized spacial score (nSPS) is 11.4. The van der Waals surface area contributed by atoms with Crippen LogP contribution in [0.1, 0.15) is 11.1 Å². The maximum absolute atomic E-state index is 14.3. The number of benzene rings is 2. The number of nitrogens with zero attached hydrogens (tertiary/aromatic N) is 4. The predicted octanol–water partition coefficient (Wildman–Crippen LogP) is 3.71. The van der Waals surface area contributed by atoms with Crippen molar-refractivity contribution in [1.29, 1.82) is 0 Å². The van der Waals surface area contributed by atoms with E-state index in [2.05, 4.69) is 4.98 Å². The Hall–Kier alpha value is -2.91. The SMILES string of the molecule is Cn1c(=O)c2c(nc(SCc3ccc(F)cc3Cl)n2Cc2ccccc2F)n(C)c1=O. The van der Waals surface area contributed by atoms with Crippen LogP contribution in [-0.4, -0.2) is 18.7 Å². The number of thioether (sulfide) groups is 1. The molecule has 160 valence electrons. The molecule has 0 amide bonds. The molecule has 2 heterocycles. The lowest BCUT2D eigenvalue weighted by molar-refractivity contribution is 0.593. The molecule has 6 nitrogen and oxygen atoms in total. The summed E-state index contributed by atoms with van der Waals surface area (Å²) >= 11 is 7.39. The van der Waals surface area contributed by atoms with Gasteiger partial charge in [0.2, 0.25) is 0 Å². The van der Waals surface area contributed by atoms with Crippen molar-refractivity contribution in [2.24, 2.45) is 14.1 Å². The lowest BCUT2D eigenvalue weighted by Crippen LogP contribution is -2.37. The monoisotopic (exact) mass is 462 g/mol. The number of aromatic nitrogens is 4. The maximum Gasteiger partial charge on any atom is 0.332 e. The van der Waals surface area contributed by atoms with Crippen molar-refractivity contribution in [1.82, 2.24) is 18.7 Å². The molecule has 0 N–H and O–H groups in total. The van der Waals surface area contributed by atoms with E-state index in [1.165, 1.54) is 48.6 Å². The summed E-state index contributed by atoms with van der Waals surface area (Å²) in [7, 11) is 2.91. The van der Waals surface area contributed by atoms with Gasteiger partial charge in [-0.2, -0.15) is 0 Å². The van der Waals surface area contributed by atoms with Crippen molar-refractivity contribution in [2.75, 3.05) is 0 Å². The van der Waals surface area contributed by atoms with Gasteiger partial charge in [-0.25, -0.2) is 18.6 Å². The first-order chi connectivity index (χ1) is 14.8. The summed E-state index contributed by atoms with van der Waals surface area (Å²) in [5.41, 5.74) is 0.427. The van der Waals surface area contributed by atoms with E-state index in [1.807, 2.05) is 0 Å². The topological polar surface area (TPSA) is 61.8 Å². The number of hydrogen-bond donors (Lipinski definition) is 0. The van der Waals surface area contributed by atoms with Crippen molar-refractivity contribution < 1.29 is 8.78 Å². The second kappa shape index (κ2) is 8.32. The summed E-state index contributed by atoms with van der Waals surface area (Å²) in [5.74, 6) is -0.513. The minimum Gasteiger partial charge on any atom is -0.308 e. The lowest BCUT2D eigenvalue weighted by atomic mass is 10.2. The van der Waals surface area contributed by atoms with E-state index in [0.717, 1.165) is 4.57 Å². The first-order valence-electron chi connectivity index (χ1n) is 9.24. The van der Waals surface area contributed by atoms with Gasteiger partial charge in [0.05, 0.1) is 6.54 Å². The Labute approximate surface area is 184 Å². The van der Waals surface area contributed by atoms with Crippen LogP contribution < -0.4 is 11.2 Å². The van der Waals surface area contributed by atoms with Gasteiger partial charge in [0, 0.05) is 30.4 Å². The van der Waals surface area contributed by atoms with Crippen molar-refractivity contribution in [3.63, 3.8) is 0 Å². The van der Waals surface area contributed by atoms with Crippen molar-refractivity contribution in [2.45, 2.75) is 17.5 Å². The van der Waals surface area contributed by atoms with E-state index < -0.39 is 22.9 Å². The third kappa shape index (κ3) is 3.90. The third-order valence-corrected chi connectivity index (χ3v) is 6.35. The fourth-order valence-corrected chi connectivity index (χ4v) is 4.57. The Kier molecular flexibility index (Phi) is 5.72. The minimum atomic E-state index is -0.520. The van der Waals surface area contributed by atoms with Gasteiger partial charge in [0.25, 0.3) is 5.56 Å². The van der Waals surface area contributed by atoms with Gasteiger partial charge in [0.15, 0.2) is 16.3 Å². The number of halogens is 3. The first-order valence-corrected chi connectivity index (χ1v) is 10.6. The summed E-state index contributed by atoms with van der Waals surface area (Å²) in [4.78, 5) is 29.7. The Bertz CT molecular complexity index is 1430. The van der Waals surface area contributed by atoms with E-state index in [0.29, 0.717) is 22.0 Å². The number of hydrogen-bond acceptors (Lipinski definition) is 4. The zero-order chi connectivity index (χ0) is 22.3. The highest BCUT2D eigenvalue weighted by Crippen LogP contribution is 2.29. The Balaban J connectivity index is 1.86. The van der Waals surface area contributed by atoms with E-state index in [4.69, 9.17) is 11.6 Å². The van der Waals surface area contributed by atoms with E-state index in [-0.39, 0.29) is 22.7 Å². The molecule has 0 fully saturated rings. The van der Waals surface area contributed by atoms with Crippen LogP contribution >= 0.6 is 23.4 Å². The fraction of sp³-hybridized carbons (Fsp3) is 0.190. The standard InChI is InChI=1S/C21H17ClF2N4O2S/c1-26-18-17(19(29)27(2)21(26)30)28(10-12-5-3-4-6-16(12)24)20(25-18)31-11-13-7-8-14(23)9-15(13)22/h3-9H,10-11H2,1-2H3. The molecule has 0 aliphatic carbocycles. The van der Waals surface area contributed by atoms with Gasteiger partial charge in [0.1, 0.15) is 11.6 Å².